The molecule has 3 nitrogen and oxygen atoms in total. The van der Waals surface area contributed by atoms with Crippen LogP contribution in [0, 0.1) is 5.92 Å². The zero-order valence-corrected chi connectivity index (χ0v) is 14.5. The number of thiocarbonyl (C=S) groups is 1. The van der Waals surface area contributed by atoms with Crippen LogP contribution in [-0.2, 0) is 6.54 Å². The third kappa shape index (κ3) is 5.41. The van der Waals surface area contributed by atoms with E-state index in [-0.39, 0.29) is 0 Å². The summed E-state index contributed by atoms with van der Waals surface area (Å²) in [5.74, 6) is 0.693. The average molecular weight is 318 g/mol. The second kappa shape index (κ2) is 8.89. The molecule has 0 fully saturated rings. The Bertz CT molecular complexity index is 486. The molecule has 0 aliphatic heterocycles. The number of hydrogen-bond donors (Lipinski definition) is 1. The third-order valence-corrected chi connectivity index (χ3v) is 4.60. The summed E-state index contributed by atoms with van der Waals surface area (Å²) in [5.41, 5.74) is 1.21. The van der Waals surface area contributed by atoms with Gasteiger partial charge in [-0.25, -0.2) is 0 Å². The van der Waals surface area contributed by atoms with Gasteiger partial charge in [0.05, 0.1) is 0 Å². The minimum absolute atomic E-state index is 0.412. The van der Waals surface area contributed by atoms with Gasteiger partial charge in [-0.2, -0.15) is 0 Å². The summed E-state index contributed by atoms with van der Waals surface area (Å²) in [4.78, 5) is 6.53. The van der Waals surface area contributed by atoms with Crippen LogP contribution in [0.25, 0.3) is 0 Å². The summed E-state index contributed by atoms with van der Waals surface area (Å²) in [5, 5.41) is 4.33. The Hall–Kier alpha value is -1.42. The Morgan fingerprint density at radius 1 is 1.50 bits per heavy atom. The monoisotopic (exact) mass is 317 g/mol. The Morgan fingerprint density at radius 2 is 2.36 bits per heavy atom. The molecule has 0 bridgehead atoms. The summed E-state index contributed by atoms with van der Waals surface area (Å²) in [6.45, 7) is 6.20. The molecule has 0 radical (unpaired) electrons. The largest absolute Gasteiger partial charge is 0.360 e. The quantitative estimate of drug-likeness (QED) is 0.636. The minimum atomic E-state index is 0.412. The van der Waals surface area contributed by atoms with E-state index >= 15 is 0 Å². The lowest BCUT2D eigenvalue weighted by Crippen LogP contribution is -2.45. The van der Waals surface area contributed by atoms with Gasteiger partial charge in [0, 0.05) is 31.5 Å². The fourth-order valence-corrected chi connectivity index (χ4v) is 3.01. The van der Waals surface area contributed by atoms with E-state index in [9.17, 15) is 0 Å². The van der Waals surface area contributed by atoms with Crippen LogP contribution in [-0.4, -0.2) is 27.6 Å². The normalized spacial score (nSPS) is 18.7. The summed E-state index contributed by atoms with van der Waals surface area (Å²) in [7, 11) is 0. The van der Waals surface area contributed by atoms with Crippen molar-refractivity contribution in [1.29, 1.82) is 0 Å². The van der Waals surface area contributed by atoms with E-state index in [0.29, 0.717) is 12.0 Å². The highest BCUT2D eigenvalue weighted by Crippen LogP contribution is 2.20. The molecule has 1 aromatic rings. The molecule has 0 spiro atoms. The molecule has 0 saturated carbocycles. The first-order valence-corrected chi connectivity index (χ1v) is 8.69. The molecular formula is C18H27N3S. The van der Waals surface area contributed by atoms with Crippen molar-refractivity contribution < 1.29 is 0 Å². The van der Waals surface area contributed by atoms with Gasteiger partial charge in [-0.05, 0) is 62.4 Å². The van der Waals surface area contributed by atoms with E-state index in [0.717, 1.165) is 31.0 Å². The van der Waals surface area contributed by atoms with Gasteiger partial charge >= 0.3 is 0 Å². The molecule has 1 aliphatic carbocycles. The highest BCUT2D eigenvalue weighted by molar-refractivity contribution is 7.80. The SMILES string of the molecule is CC[C@@H](C)NC(=S)N(Cc1cccnc1)C[C@H]1CC=CCC1. The van der Waals surface area contributed by atoms with E-state index in [4.69, 9.17) is 12.2 Å². The zero-order chi connectivity index (χ0) is 15.8. The van der Waals surface area contributed by atoms with Gasteiger partial charge in [0.15, 0.2) is 5.11 Å². The van der Waals surface area contributed by atoms with Crippen LogP contribution >= 0.6 is 12.2 Å². The first-order chi connectivity index (χ1) is 10.7. The summed E-state index contributed by atoms with van der Waals surface area (Å²) in [6, 6.07) is 4.52. The number of nitrogens with zero attached hydrogens (tertiary/aromatic N) is 2. The van der Waals surface area contributed by atoms with Gasteiger partial charge in [0.25, 0.3) is 0 Å². The Balaban J connectivity index is 2.02. The second-order valence-electron chi connectivity index (χ2n) is 6.15. The molecule has 0 saturated heterocycles. The number of hydrogen-bond acceptors (Lipinski definition) is 2. The minimum Gasteiger partial charge on any atom is -0.360 e. The van der Waals surface area contributed by atoms with Gasteiger partial charge in [-0.3, -0.25) is 4.98 Å². The molecule has 1 aromatic heterocycles. The van der Waals surface area contributed by atoms with Crippen molar-refractivity contribution in [3.8, 4) is 0 Å². The molecule has 120 valence electrons. The molecule has 22 heavy (non-hydrogen) atoms. The predicted octanol–water partition coefficient (Wildman–Crippen LogP) is 3.91. The fraction of sp³-hybridized carbons (Fsp3) is 0.556. The molecule has 1 N–H and O–H groups in total. The van der Waals surface area contributed by atoms with Crippen molar-refractivity contribution in [2.24, 2.45) is 5.92 Å². The number of aromatic nitrogens is 1. The van der Waals surface area contributed by atoms with Crippen molar-refractivity contribution >= 4 is 17.3 Å². The van der Waals surface area contributed by atoms with Crippen LogP contribution in [0.15, 0.2) is 36.7 Å². The molecular weight excluding hydrogens is 290 g/mol. The lowest BCUT2D eigenvalue weighted by Gasteiger charge is -2.32. The van der Waals surface area contributed by atoms with Crippen molar-refractivity contribution in [3.05, 3.63) is 42.2 Å². The van der Waals surface area contributed by atoms with Gasteiger partial charge < -0.3 is 10.2 Å². The standard InChI is InChI=1S/C18H27N3S/c1-3-15(2)20-18(22)21(13-16-8-5-4-6-9-16)14-17-10-7-11-19-12-17/h4-5,7,10-12,15-16H,3,6,8-9,13-14H2,1-2H3,(H,20,22)/t15-,16+/m1/s1. The van der Waals surface area contributed by atoms with Crippen molar-refractivity contribution in [2.45, 2.75) is 52.1 Å². The summed E-state index contributed by atoms with van der Waals surface area (Å²) >= 11 is 5.66. The molecule has 2 atom stereocenters. The number of rotatable bonds is 6. The van der Waals surface area contributed by atoms with E-state index in [2.05, 4.69) is 47.3 Å². The molecule has 0 unspecified atom stereocenters. The molecule has 1 aliphatic rings. The average Bonchev–Trinajstić information content (AvgIpc) is 2.56. The summed E-state index contributed by atoms with van der Waals surface area (Å²) < 4.78 is 0. The predicted molar refractivity (Wildman–Crippen MR) is 96.6 cm³/mol. The molecule has 0 aromatic carbocycles. The Labute approximate surface area is 139 Å². The van der Waals surface area contributed by atoms with E-state index in [1.807, 2.05) is 18.5 Å². The lowest BCUT2D eigenvalue weighted by atomic mass is 9.94. The fourth-order valence-electron chi connectivity index (χ4n) is 2.67. The smallest absolute Gasteiger partial charge is 0.169 e. The number of nitrogens with one attached hydrogen (secondary N) is 1. The van der Waals surface area contributed by atoms with Crippen molar-refractivity contribution in [3.63, 3.8) is 0 Å². The Morgan fingerprint density at radius 3 is 3.00 bits per heavy atom. The maximum absolute atomic E-state index is 5.66. The maximum Gasteiger partial charge on any atom is 0.169 e. The highest BCUT2D eigenvalue weighted by Gasteiger charge is 2.18. The van der Waals surface area contributed by atoms with Crippen LogP contribution in [0.4, 0.5) is 0 Å². The van der Waals surface area contributed by atoms with E-state index in [1.165, 1.54) is 18.4 Å². The van der Waals surface area contributed by atoms with Crippen LogP contribution < -0.4 is 5.32 Å². The zero-order valence-electron chi connectivity index (χ0n) is 13.7. The van der Waals surface area contributed by atoms with Gasteiger partial charge in [0.2, 0.25) is 0 Å². The lowest BCUT2D eigenvalue weighted by molar-refractivity contribution is 0.309. The van der Waals surface area contributed by atoms with Gasteiger partial charge in [0.1, 0.15) is 0 Å². The van der Waals surface area contributed by atoms with Gasteiger partial charge in [-0.1, -0.05) is 25.1 Å². The number of allylic oxidation sites excluding steroid dienone is 2. The van der Waals surface area contributed by atoms with Crippen LogP contribution in [0.3, 0.4) is 0 Å². The molecule has 4 heteroatoms. The van der Waals surface area contributed by atoms with Crippen molar-refractivity contribution in [1.82, 2.24) is 15.2 Å². The van der Waals surface area contributed by atoms with Gasteiger partial charge in [-0.15, -0.1) is 0 Å². The maximum atomic E-state index is 5.66. The Kier molecular flexibility index (Phi) is 6.84. The van der Waals surface area contributed by atoms with Crippen LogP contribution in [0.1, 0.15) is 45.1 Å². The van der Waals surface area contributed by atoms with E-state index < -0.39 is 0 Å². The molecule has 2 rings (SSSR count). The van der Waals surface area contributed by atoms with Crippen molar-refractivity contribution in [2.75, 3.05) is 6.54 Å². The third-order valence-electron chi connectivity index (χ3n) is 4.22. The first kappa shape index (κ1) is 16.9. The molecule has 0 amide bonds. The van der Waals surface area contributed by atoms with Crippen LogP contribution in [0.5, 0.6) is 0 Å². The van der Waals surface area contributed by atoms with Crippen LogP contribution in [0.2, 0.25) is 0 Å². The first-order valence-electron chi connectivity index (χ1n) is 8.28. The summed E-state index contributed by atoms with van der Waals surface area (Å²) in [6.07, 6.45) is 13.0. The second-order valence-corrected chi connectivity index (χ2v) is 6.54. The molecule has 1 heterocycles. The number of pyridine rings is 1. The topological polar surface area (TPSA) is 28.2 Å². The highest BCUT2D eigenvalue weighted by atomic mass is 32.1. The van der Waals surface area contributed by atoms with E-state index in [1.54, 1.807) is 0 Å².